The van der Waals surface area contributed by atoms with E-state index in [2.05, 4.69) is 0 Å². The summed E-state index contributed by atoms with van der Waals surface area (Å²) >= 11 is 6.93. The van der Waals surface area contributed by atoms with Crippen LogP contribution in [0.2, 0.25) is 0 Å². The molecule has 1 aromatic heterocycles. The Morgan fingerprint density at radius 1 is 1.38 bits per heavy atom. The van der Waals surface area contributed by atoms with E-state index in [4.69, 9.17) is 11.6 Å². The van der Waals surface area contributed by atoms with Gasteiger partial charge in [-0.05, 0) is 18.6 Å². The molecule has 1 aromatic rings. The van der Waals surface area contributed by atoms with Crippen LogP contribution in [0.15, 0.2) is 16.3 Å². The average Bonchev–Trinajstić information content (AvgIpc) is 2.74. The highest BCUT2D eigenvalue weighted by Gasteiger charge is 2.23. The number of thiophene rings is 1. The summed E-state index contributed by atoms with van der Waals surface area (Å²) < 4.78 is 26.1. The Labute approximate surface area is 106 Å². The van der Waals surface area contributed by atoms with Crippen molar-refractivity contribution in [2.24, 2.45) is 0 Å². The van der Waals surface area contributed by atoms with Crippen LogP contribution in [-0.2, 0) is 16.4 Å². The van der Waals surface area contributed by atoms with E-state index in [1.165, 1.54) is 15.6 Å². The van der Waals surface area contributed by atoms with Crippen LogP contribution in [0.5, 0.6) is 0 Å². The van der Waals surface area contributed by atoms with Gasteiger partial charge >= 0.3 is 0 Å². The predicted octanol–water partition coefficient (Wildman–Crippen LogP) is 2.56. The maximum Gasteiger partial charge on any atom is 0.252 e. The van der Waals surface area contributed by atoms with Gasteiger partial charge < -0.3 is 0 Å². The molecule has 0 saturated carbocycles. The van der Waals surface area contributed by atoms with Gasteiger partial charge in [0, 0.05) is 23.8 Å². The molecule has 0 N–H and O–H groups in total. The van der Waals surface area contributed by atoms with Crippen molar-refractivity contribution in [2.75, 3.05) is 19.0 Å². The summed E-state index contributed by atoms with van der Waals surface area (Å²) in [6, 6.07) is 3.54. The minimum absolute atomic E-state index is 0.319. The van der Waals surface area contributed by atoms with E-state index in [0.29, 0.717) is 23.2 Å². The molecule has 1 rings (SSSR count). The predicted molar refractivity (Wildman–Crippen MR) is 68.8 cm³/mol. The van der Waals surface area contributed by atoms with E-state index in [-0.39, 0.29) is 0 Å². The second-order valence-electron chi connectivity index (χ2n) is 3.26. The molecule has 92 valence electrons. The topological polar surface area (TPSA) is 37.4 Å². The lowest BCUT2D eigenvalue weighted by atomic mass is 10.4. The zero-order chi connectivity index (χ0) is 12.2. The van der Waals surface area contributed by atoms with Crippen molar-refractivity contribution in [1.82, 2.24) is 4.31 Å². The second-order valence-corrected chi connectivity index (χ2v) is 6.97. The van der Waals surface area contributed by atoms with E-state index in [1.54, 1.807) is 6.07 Å². The van der Waals surface area contributed by atoms with Gasteiger partial charge in [-0.15, -0.1) is 22.9 Å². The van der Waals surface area contributed by atoms with Gasteiger partial charge in [-0.3, -0.25) is 0 Å². The number of aryl methyl sites for hydroxylation is 1. The van der Waals surface area contributed by atoms with Gasteiger partial charge in [0.25, 0.3) is 10.0 Å². The molecule has 16 heavy (non-hydrogen) atoms. The van der Waals surface area contributed by atoms with Crippen LogP contribution in [0, 0.1) is 0 Å². The fraction of sp³-hybridized carbons (Fsp3) is 0.600. The molecule has 0 aliphatic carbocycles. The van der Waals surface area contributed by atoms with Crippen molar-refractivity contribution in [1.29, 1.82) is 0 Å². The molecule has 3 nitrogen and oxygen atoms in total. The minimum atomic E-state index is -3.34. The largest absolute Gasteiger partial charge is 0.252 e. The quantitative estimate of drug-likeness (QED) is 0.752. The SMILES string of the molecule is CCc1ccc(S(=O)(=O)N(CC)CCCl)s1. The summed E-state index contributed by atoms with van der Waals surface area (Å²) in [6.07, 6.45) is 0.863. The summed E-state index contributed by atoms with van der Waals surface area (Å²) in [5.74, 6) is 0.319. The molecule has 0 amide bonds. The third-order valence-corrected chi connectivity index (χ3v) is 6.11. The van der Waals surface area contributed by atoms with E-state index < -0.39 is 10.0 Å². The smallest absolute Gasteiger partial charge is 0.206 e. The van der Waals surface area contributed by atoms with Crippen LogP contribution in [0.4, 0.5) is 0 Å². The number of sulfonamides is 1. The zero-order valence-electron chi connectivity index (χ0n) is 9.44. The van der Waals surface area contributed by atoms with Crippen LogP contribution in [0.25, 0.3) is 0 Å². The summed E-state index contributed by atoms with van der Waals surface area (Å²) in [5, 5.41) is 0. The average molecular weight is 282 g/mol. The molecular weight excluding hydrogens is 266 g/mol. The highest BCUT2D eigenvalue weighted by Crippen LogP contribution is 2.25. The number of halogens is 1. The normalized spacial score (nSPS) is 12.2. The number of hydrogen-bond donors (Lipinski definition) is 0. The number of nitrogens with zero attached hydrogens (tertiary/aromatic N) is 1. The summed E-state index contributed by atoms with van der Waals surface area (Å²) in [6.45, 7) is 4.64. The first-order valence-corrected chi connectivity index (χ1v) is 8.00. The minimum Gasteiger partial charge on any atom is -0.206 e. The first-order valence-electron chi connectivity index (χ1n) is 5.21. The van der Waals surface area contributed by atoms with E-state index in [1.807, 2.05) is 19.9 Å². The number of rotatable bonds is 6. The Hall–Kier alpha value is -0.100. The third-order valence-electron chi connectivity index (χ3n) is 2.27. The molecule has 0 aliphatic heterocycles. The highest BCUT2D eigenvalue weighted by atomic mass is 35.5. The Kier molecular flexibility index (Phi) is 5.24. The zero-order valence-corrected chi connectivity index (χ0v) is 11.8. The number of hydrogen-bond acceptors (Lipinski definition) is 3. The Morgan fingerprint density at radius 3 is 2.50 bits per heavy atom. The Bertz CT molecular complexity index is 428. The van der Waals surface area contributed by atoms with Crippen LogP contribution < -0.4 is 0 Å². The first kappa shape index (κ1) is 14.0. The Balaban J connectivity index is 2.99. The standard InChI is InChI=1S/C10H16ClNO2S2/c1-3-9-5-6-10(15-9)16(13,14)12(4-2)8-7-11/h5-6H,3-4,7-8H2,1-2H3. The lowest BCUT2D eigenvalue weighted by Crippen LogP contribution is -2.32. The summed E-state index contributed by atoms with van der Waals surface area (Å²) in [4.78, 5) is 1.08. The molecule has 0 aliphatic rings. The van der Waals surface area contributed by atoms with Gasteiger partial charge in [-0.25, -0.2) is 8.42 Å². The van der Waals surface area contributed by atoms with Gasteiger partial charge in [0.05, 0.1) is 0 Å². The molecule has 6 heteroatoms. The summed E-state index contributed by atoms with van der Waals surface area (Å²) in [7, 11) is -3.34. The van der Waals surface area contributed by atoms with Crippen molar-refractivity contribution in [2.45, 2.75) is 24.5 Å². The van der Waals surface area contributed by atoms with Gasteiger partial charge in [0.15, 0.2) is 0 Å². The lowest BCUT2D eigenvalue weighted by Gasteiger charge is -2.17. The lowest BCUT2D eigenvalue weighted by molar-refractivity contribution is 0.448. The van der Waals surface area contributed by atoms with Crippen LogP contribution in [0.3, 0.4) is 0 Å². The van der Waals surface area contributed by atoms with Gasteiger partial charge in [0.1, 0.15) is 4.21 Å². The molecule has 0 aromatic carbocycles. The van der Waals surface area contributed by atoms with E-state index in [9.17, 15) is 8.42 Å². The fourth-order valence-electron chi connectivity index (χ4n) is 1.36. The van der Waals surface area contributed by atoms with Crippen LogP contribution in [-0.4, -0.2) is 31.7 Å². The fourth-order valence-corrected chi connectivity index (χ4v) is 4.56. The molecule has 0 bridgehead atoms. The highest BCUT2D eigenvalue weighted by molar-refractivity contribution is 7.91. The second kappa shape index (κ2) is 6.00. The molecule has 0 radical (unpaired) electrons. The maximum atomic E-state index is 12.2. The van der Waals surface area contributed by atoms with Gasteiger partial charge in [-0.2, -0.15) is 4.31 Å². The van der Waals surface area contributed by atoms with Gasteiger partial charge in [-0.1, -0.05) is 13.8 Å². The van der Waals surface area contributed by atoms with Crippen molar-refractivity contribution in [3.8, 4) is 0 Å². The van der Waals surface area contributed by atoms with Crippen molar-refractivity contribution >= 4 is 33.0 Å². The van der Waals surface area contributed by atoms with Crippen molar-refractivity contribution in [3.05, 3.63) is 17.0 Å². The monoisotopic (exact) mass is 281 g/mol. The van der Waals surface area contributed by atoms with Crippen LogP contribution in [0.1, 0.15) is 18.7 Å². The molecule has 0 saturated heterocycles. The molecular formula is C10H16ClNO2S2. The maximum absolute atomic E-state index is 12.2. The van der Waals surface area contributed by atoms with E-state index >= 15 is 0 Å². The molecule has 1 heterocycles. The van der Waals surface area contributed by atoms with Gasteiger partial charge in [0.2, 0.25) is 0 Å². The Morgan fingerprint density at radius 2 is 2.06 bits per heavy atom. The molecule has 0 fully saturated rings. The molecule has 0 spiro atoms. The molecule has 0 unspecified atom stereocenters. The van der Waals surface area contributed by atoms with E-state index in [0.717, 1.165) is 11.3 Å². The third kappa shape index (κ3) is 2.97. The number of alkyl halides is 1. The summed E-state index contributed by atoms with van der Waals surface area (Å²) in [5.41, 5.74) is 0. The first-order chi connectivity index (χ1) is 7.56. The van der Waals surface area contributed by atoms with Crippen molar-refractivity contribution in [3.63, 3.8) is 0 Å². The molecule has 0 atom stereocenters. The van der Waals surface area contributed by atoms with Crippen molar-refractivity contribution < 1.29 is 8.42 Å². The van der Waals surface area contributed by atoms with Crippen LogP contribution >= 0.6 is 22.9 Å².